The van der Waals surface area contributed by atoms with E-state index in [1.165, 1.54) is 36.9 Å². The van der Waals surface area contributed by atoms with E-state index in [0.717, 1.165) is 12.6 Å². The summed E-state index contributed by atoms with van der Waals surface area (Å²) in [6, 6.07) is 10.3. The van der Waals surface area contributed by atoms with Crippen LogP contribution in [0.25, 0.3) is 0 Å². The molecule has 0 aromatic heterocycles. The summed E-state index contributed by atoms with van der Waals surface area (Å²) >= 11 is 0. The van der Waals surface area contributed by atoms with Crippen molar-refractivity contribution in [2.75, 3.05) is 13.1 Å². The third-order valence-corrected chi connectivity index (χ3v) is 4.32. The minimum Gasteiger partial charge on any atom is -0.330 e. The molecule has 0 spiro atoms. The zero-order valence-electron chi connectivity index (χ0n) is 10.6. The fourth-order valence-electron chi connectivity index (χ4n) is 3.20. The molecule has 1 aromatic rings. The summed E-state index contributed by atoms with van der Waals surface area (Å²) in [5.41, 5.74) is 8.82. The topological polar surface area (TPSA) is 29.3 Å². The third-order valence-electron chi connectivity index (χ3n) is 4.32. The van der Waals surface area contributed by atoms with Crippen molar-refractivity contribution in [2.24, 2.45) is 11.7 Å². The van der Waals surface area contributed by atoms with E-state index in [9.17, 15) is 0 Å². The summed E-state index contributed by atoms with van der Waals surface area (Å²) in [5, 5.41) is 0. The average Bonchev–Trinajstić information content (AvgIpc) is 3.10. The second-order valence-electron chi connectivity index (χ2n) is 5.64. The van der Waals surface area contributed by atoms with Crippen molar-refractivity contribution in [1.82, 2.24) is 4.90 Å². The maximum Gasteiger partial charge on any atom is 0.0357 e. The highest BCUT2D eigenvalue weighted by molar-refractivity contribution is 5.30. The molecule has 2 aliphatic rings. The van der Waals surface area contributed by atoms with E-state index in [1.807, 2.05) is 0 Å². The second kappa shape index (κ2) is 4.43. The minimum atomic E-state index is 0.622. The Morgan fingerprint density at radius 3 is 2.71 bits per heavy atom. The van der Waals surface area contributed by atoms with Gasteiger partial charge in [-0.05, 0) is 49.8 Å². The van der Waals surface area contributed by atoms with Gasteiger partial charge in [0.2, 0.25) is 0 Å². The van der Waals surface area contributed by atoms with E-state index in [4.69, 9.17) is 5.73 Å². The van der Waals surface area contributed by atoms with Crippen LogP contribution < -0.4 is 5.73 Å². The highest BCUT2D eigenvalue weighted by atomic mass is 15.2. The molecule has 1 aliphatic carbocycles. The van der Waals surface area contributed by atoms with E-state index in [-0.39, 0.29) is 0 Å². The van der Waals surface area contributed by atoms with Gasteiger partial charge in [0.1, 0.15) is 0 Å². The minimum absolute atomic E-state index is 0.622. The number of benzene rings is 1. The Hall–Kier alpha value is -0.860. The summed E-state index contributed by atoms with van der Waals surface area (Å²) in [6.45, 7) is 4.28. The van der Waals surface area contributed by atoms with Crippen LogP contribution in [-0.4, -0.2) is 24.0 Å². The maximum atomic E-state index is 5.87. The van der Waals surface area contributed by atoms with Crippen molar-refractivity contribution in [3.8, 4) is 0 Å². The molecule has 1 aromatic carbocycles. The molecular formula is C15H22N2. The lowest BCUT2D eigenvalue weighted by Crippen LogP contribution is -2.27. The van der Waals surface area contributed by atoms with Crippen LogP contribution in [0.4, 0.5) is 0 Å². The SMILES string of the molecule is Cc1ccccc1C1CC(CN)CN1C1CC1. The lowest BCUT2D eigenvalue weighted by atomic mass is 9.96. The second-order valence-corrected chi connectivity index (χ2v) is 5.64. The third kappa shape index (κ3) is 2.12. The Kier molecular flexibility index (Phi) is 2.93. The van der Waals surface area contributed by atoms with Gasteiger partial charge in [0.25, 0.3) is 0 Å². The number of hydrogen-bond donors (Lipinski definition) is 1. The number of hydrogen-bond acceptors (Lipinski definition) is 2. The number of likely N-dealkylation sites (tertiary alicyclic amines) is 1. The summed E-state index contributed by atoms with van der Waals surface area (Å²) in [4.78, 5) is 2.71. The van der Waals surface area contributed by atoms with Crippen molar-refractivity contribution in [3.05, 3.63) is 35.4 Å². The lowest BCUT2D eigenvalue weighted by Gasteiger charge is -2.25. The zero-order chi connectivity index (χ0) is 11.8. The molecule has 0 amide bonds. The van der Waals surface area contributed by atoms with Crippen LogP contribution in [0.3, 0.4) is 0 Å². The quantitative estimate of drug-likeness (QED) is 0.864. The Morgan fingerprint density at radius 2 is 2.06 bits per heavy atom. The van der Waals surface area contributed by atoms with E-state index in [2.05, 4.69) is 36.1 Å². The van der Waals surface area contributed by atoms with Gasteiger partial charge in [-0.25, -0.2) is 0 Å². The summed E-state index contributed by atoms with van der Waals surface area (Å²) in [5.74, 6) is 0.695. The monoisotopic (exact) mass is 230 g/mol. The van der Waals surface area contributed by atoms with E-state index < -0.39 is 0 Å². The van der Waals surface area contributed by atoms with Gasteiger partial charge in [0, 0.05) is 18.6 Å². The van der Waals surface area contributed by atoms with Crippen molar-refractivity contribution < 1.29 is 0 Å². The van der Waals surface area contributed by atoms with Crippen LogP contribution in [0.5, 0.6) is 0 Å². The van der Waals surface area contributed by atoms with Gasteiger partial charge in [0.05, 0.1) is 0 Å². The molecule has 1 aliphatic heterocycles. The molecule has 2 unspecified atom stereocenters. The number of nitrogens with two attached hydrogens (primary N) is 1. The van der Waals surface area contributed by atoms with Crippen LogP contribution in [0, 0.1) is 12.8 Å². The predicted molar refractivity (Wildman–Crippen MR) is 70.8 cm³/mol. The highest BCUT2D eigenvalue weighted by Gasteiger charge is 2.41. The molecule has 3 rings (SSSR count). The molecule has 92 valence electrons. The Labute approximate surface area is 104 Å². The van der Waals surface area contributed by atoms with Crippen LogP contribution >= 0.6 is 0 Å². The molecule has 17 heavy (non-hydrogen) atoms. The lowest BCUT2D eigenvalue weighted by molar-refractivity contribution is 0.242. The molecule has 2 nitrogen and oxygen atoms in total. The Morgan fingerprint density at radius 1 is 1.29 bits per heavy atom. The smallest absolute Gasteiger partial charge is 0.0357 e. The van der Waals surface area contributed by atoms with E-state index in [1.54, 1.807) is 0 Å². The maximum absolute atomic E-state index is 5.87. The first-order valence-corrected chi connectivity index (χ1v) is 6.81. The van der Waals surface area contributed by atoms with Crippen LogP contribution in [0.2, 0.25) is 0 Å². The van der Waals surface area contributed by atoms with Crippen LogP contribution in [-0.2, 0) is 0 Å². The van der Waals surface area contributed by atoms with Gasteiger partial charge in [-0.15, -0.1) is 0 Å². The standard InChI is InChI=1S/C15H22N2/c1-11-4-2-3-5-14(11)15-8-12(9-16)10-17(15)13-6-7-13/h2-5,12-13,15H,6-10,16H2,1H3. The number of rotatable bonds is 3. The molecule has 0 bridgehead atoms. The first-order chi connectivity index (χ1) is 8.29. The molecule has 2 fully saturated rings. The number of nitrogens with zero attached hydrogens (tertiary/aromatic N) is 1. The fourth-order valence-corrected chi connectivity index (χ4v) is 3.20. The zero-order valence-corrected chi connectivity index (χ0v) is 10.6. The predicted octanol–water partition coefficient (Wildman–Crippen LogP) is 2.48. The summed E-state index contributed by atoms with van der Waals surface area (Å²) in [7, 11) is 0. The molecule has 1 saturated carbocycles. The first-order valence-electron chi connectivity index (χ1n) is 6.81. The molecule has 0 radical (unpaired) electrons. The van der Waals surface area contributed by atoms with Gasteiger partial charge < -0.3 is 5.73 Å². The van der Waals surface area contributed by atoms with Crippen LogP contribution in [0.15, 0.2) is 24.3 Å². The van der Waals surface area contributed by atoms with Crippen molar-refractivity contribution in [1.29, 1.82) is 0 Å². The summed E-state index contributed by atoms with van der Waals surface area (Å²) < 4.78 is 0. The van der Waals surface area contributed by atoms with Gasteiger partial charge in [0.15, 0.2) is 0 Å². The van der Waals surface area contributed by atoms with Gasteiger partial charge >= 0.3 is 0 Å². The molecule has 2 heteroatoms. The first kappa shape index (κ1) is 11.2. The molecule has 1 saturated heterocycles. The van der Waals surface area contributed by atoms with Crippen LogP contribution in [0.1, 0.15) is 36.4 Å². The van der Waals surface area contributed by atoms with Gasteiger partial charge in [-0.3, -0.25) is 4.90 Å². The van der Waals surface area contributed by atoms with Gasteiger partial charge in [-0.1, -0.05) is 24.3 Å². The average molecular weight is 230 g/mol. The highest BCUT2D eigenvalue weighted by Crippen LogP contribution is 2.43. The van der Waals surface area contributed by atoms with Crippen molar-refractivity contribution in [3.63, 3.8) is 0 Å². The summed E-state index contributed by atoms with van der Waals surface area (Å²) in [6.07, 6.45) is 4.02. The van der Waals surface area contributed by atoms with Gasteiger partial charge in [-0.2, -0.15) is 0 Å². The normalized spacial score (nSPS) is 29.8. The van der Waals surface area contributed by atoms with Crippen molar-refractivity contribution >= 4 is 0 Å². The fraction of sp³-hybridized carbons (Fsp3) is 0.600. The van der Waals surface area contributed by atoms with Crippen molar-refractivity contribution in [2.45, 2.75) is 38.3 Å². The van der Waals surface area contributed by atoms with E-state index in [0.29, 0.717) is 12.0 Å². The molecule has 1 heterocycles. The Balaban J connectivity index is 1.87. The van der Waals surface area contributed by atoms with E-state index >= 15 is 0 Å². The largest absolute Gasteiger partial charge is 0.330 e. The number of aryl methyl sites for hydroxylation is 1. The molecular weight excluding hydrogens is 208 g/mol. The molecule has 2 N–H and O–H groups in total. The Bertz CT molecular complexity index is 398. The molecule has 2 atom stereocenters.